The predicted octanol–water partition coefficient (Wildman–Crippen LogP) is -0.561. The van der Waals surface area contributed by atoms with Crippen LogP contribution in [-0.4, -0.2) is 34.6 Å². The average molecular weight is 200 g/mol. The zero-order valence-electron chi connectivity index (χ0n) is 8.27. The van der Waals surface area contributed by atoms with Gasteiger partial charge in [0.1, 0.15) is 6.23 Å². The van der Waals surface area contributed by atoms with Crippen molar-refractivity contribution in [3.63, 3.8) is 0 Å². The zero-order chi connectivity index (χ0) is 10.7. The third-order valence-electron chi connectivity index (χ3n) is 2.47. The molecule has 5 heteroatoms. The van der Waals surface area contributed by atoms with E-state index in [2.05, 4.69) is 0 Å². The molecule has 0 aromatic heterocycles. The lowest BCUT2D eigenvalue weighted by Gasteiger charge is -2.21. The molecule has 1 fully saturated rings. The van der Waals surface area contributed by atoms with Crippen LogP contribution in [0.2, 0.25) is 0 Å². The smallest absolute Gasteiger partial charge is 0.225 e. The molecule has 1 aliphatic heterocycles. The van der Waals surface area contributed by atoms with E-state index in [-0.39, 0.29) is 24.2 Å². The topological polar surface area (TPSA) is 83.6 Å². The molecule has 0 spiro atoms. The SMILES string of the molecule is CC1CC(=O)N(CCCC(N)=O)C1O. The van der Waals surface area contributed by atoms with Gasteiger partial charge >= 0.3 is 0 Å². The second-order valence-corrected chi connectivity index (χ2v) is 3.75. The number of likely N-dealkylation sites (tertiary alicyclic amines) is 1. The Bertz CT molecular complexity index is 242. The molecule has 3 N–H and O–H groups in total. The lowest BCUT2D eigenvalue weighted by atomic mass is 10.1. The number of rotatable bonds is 4. The van der Waals surface area contributed by atoms with Crippen molar-refractivity contribution >= 4 is 11.8 Å². The van der Waals surface area contributed by atoms with Gasteiger partial charge in [0, 0.05) is 25.3 Å². The Labute approximate surface area is 82.9 Å². The third kappa shape index (κ3) is 2.45. The molecule has 0 aromatic rings. The number of aliphatic hydroxyl groups excluding tert-OH is 1. The molecule has 2 unspecified atom stereocenters. The minimum Gasteiger partial charge on any atom is -0.373 e. The highest BCUT2D eigenvalue weighted by Gasteiger charge is 2.34. The van der Waals surface area contributed by atoms with Crippen LogP contribution in [0.25, 0.3) is 0 Å². The predicted molar refractivity (Wildman–Crippen MR) is 49.9 cm³/mol. The number of hydrogen-bond acceptors (Lipinski definition) is 3. The Morgan fingerprint density at radius 1 is 1.71 bits per heavy atom. The number of amides is 2. The molecule has 1 heterocycles. The van der Waals surface area contributed by atoms with Crippen molar-refractivity contribution in [2.24, 2.45) is 11.7 Å². The highest BCUT2D eigenvalue weighted by molar-refractivity contribution is 5.79. The van der Waals surface area contributed by atoms with E-state index in [9.17, 15) is 14.7 Å². The van der Waals surface area contributed by atoms with E-state index in [1.165, 1.54) is 4.90 Å². The molecular formula is C9H16N2O3. The molecule has 0 aromatic carbocycles. The van der Waals surface area contributed by atoms with E-state index in [0.29, 0.717) is 19.4 Å². The van der Waals surface area contributed by atoms with Crippen LogP contribution in [-0.2, 0) is 9.59 Å². The normalized spacial score (nSPS) is 27.0. The molecule has 5 nitrogen and oxygen atoms in total. The summed E-state index contributed by atoms with van der Waals surface area (Å²) in [7, 11) is 0. The standard InChI is InChI=1S/C9H16N2O3/c1-6-5-8(13)11(9(6)14)4-2-3-7(10)12/h6,9,14H,2-5H2,1H3,(H2,10,12). The molecule has 1 saturated heterocycles. The lowest BCUT2D eigenvalue weighted by Crippen LogP contribution is -2.35. The van der Waals surface area contributed by atoms with E-state index in [1.54, 1.807) is 0 Å². The molecule has 2 atom stereocenters. The summed E-state index contributed by atoms with van der Waals surface area (Å²) >= 11 is 0. The molecule has 0 aliphatic carbocycles. The quantitative estimate of drug-likeness (QED) is 0.638. The number of nitrogens with zero attached hydrogens (tertiary/aromatic N) is 1. The van der Waals surface area contributed by atoms with Crippen molar-refractivity contribution in [1.29, 1.82) is 0 Å². The largest absolute Gasteiger partial charge is 0.373 e. The summed E-state index contributed by atoms with van der Waals surface area (Å²) in [4.78, 5) is 23.2. The Balaban J connectivity index is 2.36. The molecule has 2 amide bonds. The first-order valence-electron chi connectivity index (χ1n) is 4.78. The van der Waals surface area contributed by atoms with Crippen molar-refractivity contribution in [3.8, 4) is 0 Å². The first kappa shape index (κ1) is 11.0. The highest BCUT2D eigenvalue weighted by Crippen LogP contribution is 2.23. The van der Waals surface area contributed by atoms with E-state index in [1.807, 2.05) is 6.92 Å². The summed E-state index contributed by atoms with van der Waals surface area (Å²) in [5, 5.41) is 9.58. The van der Waals surface area contributed by atoms with Gasteiger partial charge in [0.05, 0.1) is 0 Å². The van der Waals surface area contributed by atoms with Gasteiger partial charge in [0.25, 0.3) is 0 Å². The van der Waals surface area contributed by atoms with Crippen LogP contribution in [0.4, 0.5) is 0 Å². The molecule has 14 heavy (non-hydrogen) atoms. The van der Waals surface area contributed by atoms with Gasteiger partial charge in [0.2, 0.25) is 11.8 Å². The summed E-state index contributed by atoms with van der Waals surface area (Å²) in [6, 6.07) is 0. The molecule has 1 aliphatic rings. The number of hydrogen-bond donors (Lipinski definition) is 2. The van der Waals surface area contributed by atoms with Gasteiger partial charge in [-0.05, 0) is 6.42 Å². The second-order valence-electron chi connectivity index (χ2n) is 3.75. The lowest BCUT2D eigenvalue weighted by molar-refractivity contribution is -0.134. The molecular weight excluding hydrogens is 184 g/mol. The number of primary amides is 1. The van der Waals surface area contributed by atoms with Crippen LogP contribution in [0.3, 0.4) is 0 Å². The minimum absolute atomic E-state index is 0.0175. The summed E-state index contributed by atoms with van der Waals surface area (Å²) < 4.78 is 0. The van der Waals surface area contributed by atoms with Gasteiger partial charge in [-0.25, -0.2) is 0 Å². The van der Waals surface area contributed by atoms with E-state index >= 15 is 0 Å². The van der Waals surface area contributed by atoms with E-state index < -0.39 is 6.23 Å². The molecule has 0 bridgehead atoms. The maximum absolute atomic E-state index is 11.3. The van der Waals surface area contributed by atoms with Crippen molar-refractivity contribution < 1.29 is 14.7 Å². The summed E-state index contributed by atoms with van der Waals surface area (Å²) in [6.45, 7) is 2.24. The van der Waals surface area contributed by atoms with Crippen LogP contribution in [0.15, 0.2) is 0 Å². The monoisotopic (exact) mass is 200 g/mol. The Morgan fingerprint density at radius 2 is 2.36 bits per heavy atom. The van der Waals surface area contributed by atoms with Crippen LogP contribution in [0.1, 0.15) is 26.2 Å². The summed E-state index contributed by atoms with van der Waals surface area (Å²) in [5.74, 6) is -0.440. The molecule has 0 radical (unpaired) electrons. The van der Waals surface area contributed by atoms with Crippen molar-refractivity contribution in [2.45, 2.75) is 32.4 Å². The third-order valence-corrected chi connectivity index (χ3v) is 2.47. The maximum atomic E-state index is 11.3. The number of carbonyl (C=O) groups is 2. The highest BCUT2D eigenvalue weighted by atomic mass is 16.3. The van der Waals surface area contributed by atoms with Gasteiger partial charge in [-0.1, -0.05) is 6.92 Å². The van der Waals surface area contributed by atoms with Gasteiger partial charge in [-0.15, -0.1) is 0 Å². The molecule has 1 rings (SSSR count). The Kier molecular flexibility index (Phi) is 3.46. The Hall–Kier alpha value is -1.10. The average Bonchev–Trinajstić information content (AvgIpc) is 2.31. The van der Waals surface area contributed by atoms with Crippen molar-refractivity contribution in [2.75, 3.05) is 6.54 Å². The second kappa shape index (κ2) is 4.41. The van der Waals surface area contributed by atoms with Gasteiger partial charge in [-0.3, -0.25) is 9.59 Å². The summed E-state index contributed by atoms with van der Waals surface area (Å²) in [5.41, 5.74) is 4.97. The first-order chi connectivity index (χ1) is 6.52. The van der Waals surface area contributed by atoms with E-state index in [0.717, 1.165) is 0 Å². The fourth-order valence-corrected chi connectivity index (χ4v) is 1.63. The first-order valence-corrected chi connectivity index (χ1v) is 4.78. The van der Waals surface area contributed by atoms with Crippen molar-refractivity contribution in [3.05, 3.63) is 0 Å². The number of aliphatic hydroxyl groups is 1. The maximum Gasteiger partial charge on any atom is 0.225 e. The molecule has 0 saturated carbocycles. The Morgan fingerprint density at radius 3 is 2.79 bits per heavy atom. The summed E-state index contributed by atoms with van der Waals surface area (Å²) in [6.07, 6.45) is 0.461. The van der Waals surface area contributed by atoms with Crippen LogP contribution in [0, 0.1) is 5.92 Å². The van der Waals surface area contributed by atoms with Crippen LogP contribution < -0.4 is 5.73 Å². The van der Waals surface area contributed by atoms with E-state index in [4.69, 9.17) is 5.73 Å². The molecule has 80 valence electrons. The van der Waals surface area contributed by atoms with Crippen molar-refractivity contribution in [1.82, 2.24) is 4.90 Å². The zero-order valence-corrected chi connectivity index (χ0v) is 8.27. The fourth-order valence-electron chi connectivity index (χ4n) is 1.63. The van der Waals surface area contributed by atoms with Gasteiger partial charge in [0.15, 0.2) is 0 Å². The number of nitrogens with two attached hydrogens (primary N) is 1. The fraction of sp³-hybridized carbons (Fsp3) is 0.778. The van der Waals surface area contributed by atoms with Gasteiger partial charge < -0.3 is 15.7 Å². The minimum atomic E-state index is -0.699. The van der Waals surface area contributed by atoms with Crippen LogP contribution >= 0.6 is 0 Å². The van der Waals surface area contributed by atoms with Gasteiger partial charge in [-0.2, -0.15) is 0 Å². The number of carbonyl (C=O) groups excluding carboxylic acids is 2. The van der Waals surface area contributed by atoms with Crippen LogP contribution in [0.5, 0.6) is 0 Å².